The number of hydrogen-bond donors (Lipinski definition) is 0. The Morgan fingerprint density at radius 2 is 1.68 bits per heavy atom. The van der Waals surface area contributed by atoms with Crippen molar-refractivity contribution in [3.05, 3.63) is 24.3 Å². The fourth-order valence-electron chi connectivity index (χ4n) is 3.49. The Hall–Kier alpha value is -2.17. The van der Waals surface area contributed by atoms with E-state index in [0.29, 0.717) is 6.54 Å². The number of amides is 1. The van der Waals surface area contributed by atoms with Crippen LogP contribution in [0.4, 0.5) is 11.6 Å². The molecule has 22 heavy (non-hydrogen) atoms. The van der Waals surface area contributed by atoms with Gasteiger partial charge in [0.05, 0.1) is 11.0 Å². The highest BCUT2D eigenvalue weighted by Gasteiger charge is 2.33. The summed E-state index contributed by atoms with van der Waals surface area (Å²) in [6.45, 7) is 1.50. The van der Waals surface area contributed by atoms with Crippen molar-refractivity contribution >= 4 is 28.6 Å². The molecule has 0 spiro atoms. The molecule has 1 aliphatic heterocycles. The summed E-state index contributed by atoms with van der Waals surface area (Å²) in [5.74, 6) is 1.95. The van der Waals surface area contributed by atoms with E-state index in [0.717, 1.165) is 42.1 Å². The number of nitrogens with zero attached hydrogens (tertiary/aromatic N) is 4. The van der Waals surface area contributed by atoms with E-state index in [-0.39, 0.29) is 11.8 Å². The third-order valence-electron chi connectivity index (χ3n) is 4.78. The van der Waals surface area contributed by atoms with E-state index in [1.54, 1.807) is 0 Å². The lowest BCUT2D eigenvalue weighted by molar-refractivity contribution is -0.122. The van der Waals surface area contributed by atoms with E-state index in [1.807, 2.05) is 36.2 Å². The van der Waals surface area contributed by atoms with Crippen LogP contribution in [0, 0.1) is 5.92 Å². The zero-order valence-corrected chi connectivity index (χ0v) is 12.8. The predicted octanol–water partition coefficient (Wildman–Crippen LogP) is 2.60. The number of aromatic nitrogens is 2. The highest BCUT2D eigenvalue weighted by Crippen LogP contribution is 2.34. The van der Waals surface area contributed by atoms with Gasteiger partial charge in [0.1, 0.15) is 0 Å². The molecule has 0 N–H and O–H groups in total. The Labute approximate surface area is 130 Å². The Morgan fingerprint density at radius 3 is 2.36 bits per heavy atom. The standard InChI is InChI=1S/C17H20N4O/c1-20-10-11-21(17(22)12-6-2-3-7-12)16-15(20)18-13-8-4-5-9-14(13)19-16/h4-5,8-9,12H,2-3,6-7,10-11H2,1H3. The number of rotatable bonds is 1. The number of fused-ring (bicyclic) bond motifs is 2. The van der Waals surface area contributed by atoms with E-state index >= 15 is 0 Å². The molecule has 0 saturated heterocycles. The molecule has 1 aromatic carbocycles. The first-order chi connectivity index (χ1) is 10.7. The van der Waals surface area contributed by atoms with Crippen LogP contribution in [0.25, 0.3) is 11.0 Å². The highest BCUT2D eigenvalue weighted by molar-refractivity contribution is 5.98. The van der Waals surface area contributed by atoms with Crippen molar-refractivity contribution in [2.45, 2.75) is 25.7 Å². The Bertz CT molecular complexity index is 724. The van der Waals surface area contributed by atoms with E-state index in [4.69, 9.17) is 9.97 Å². The molecule has 2 aromatic rings. The van der Waals surface area contributed by atoms with Crippen LogP contribution in [-0.2, 0) is 4.79 Å². The summed E-state index contributed by atoms with van der Waals surface area (Å²) in [5.41, 5.74) is 1.73. The van der Waals surface area contributed by atoms with Gasteiger partial charge in [-0.25, -0.2) is 9.97 Å². The van der Waals surface area contributed by atoms with E-state index in [9.17, 15) is 4.79 Å². The molecule has 1 saturated carbocycles. The van der Waals surface area contributed by atoms with E-state index in [1.165, 1.54) is 12.8 Å². The van der Waals surface area contributed by atoms with Gasteiger partial charge in [-0.05, 0) is 25.0 Å². The van der Waals surface area contributed by atoms with Gasteiger partial charge in [0.25, 0.3) is 0 Å². The maximum Gasteiger partial charge on any atom is 0.231 e. The zero-order valence-electron chi connectivity index (χ0n) is 12.8. The molecule has 5 nitrogen and oxygen atoms in total. The molecule has 1 aromatic heterocycles. The fraction of sp³-hybridized carbons (Fsp3) is 0.471. The zero-order chi connectivity index (χ0) is 15.1. The fourth-order valence-corrected chi connectivity index (χ4v) is 3.49. The minimum atomic E-state index is 0.171. The molecule has 0 radical (unpaired) electrons. The molecule has 2 aliphatic rings. The summed E-state index contributed by atoms with van der Waals surface area (Å²) < 4.78 is 0. The van der Waals surface area contributed by atoms with Gasteiger partial charge >= 0.3 is 0 Å². The minimum Gasteiger partial charge on any atom is -0.355 e. The molecule has 1 fully saturated rings. The number of likely N-dealkylation sites (N-methyl/N-ethyl adjacent to an activating group) is 1. The molecule has 1 aliphatic carbocycles. The maximum absolute atomic E-state index is 12.8. The van der Waals surface area contributed by atoms with Gasteiger partial charge in [-0.15, -0.1) is 0 Å². The normalized spacial score (nSPS) is 18.8. The van der Waals surface area contributed by atoms with Crippen LogP contribution in [0.1, 0.15) is 25.7 Å². The Balaban J connectivity index is 1.79. The first kappa shape index (κ1) is 13.5. The van der Waals surface area contributed by atoms with Crippen LogP contribution < -0.4 is 9.80 Å². The molecule has 114 valence electrons. The molecule has 1 amide bonds. The summed E-state index contributed by atoms with van der Waals surface area (Å²) in [7, 11) is 2.01. The van der Waals surface area contributed by atoms with Crippen molar-refractivity contribution in [2.24, 2.45) is 5.92 Å². The molecule has 5 heteroatoms. The van der Waals surface area contributed by atoms with Gasteiger partial charge in [0.15, 0.2) is 11.6 Å². The molecule has 0 unspecified atom stereocenters. The van der Waals surface area contributed by atoms with Crippen molar-refractivity contribution in [2.75, 3.05) is 29.9 Å². The van der Waals surface area contributed by atoms with E-state index < -0.39 is 0 Å². The van der Waals surface area contributed by atoms with Crippen LogP contribution in [-0.4, -0.2) is 36.0 Å². The van der Waals surface area contributed by atoms with Gasteiger partial charge < -0.3 is 4.90 Å². The average Bonchev–Trinajstić information content (AvgIpc) is 3.08. The molecule has 4 rings (SSSR count). The van der Waals surface area contributed by atoms with Gasteiger partial charge in [-0.2, -0.15) is 0 Å². The van der Waals surface area contributed by atoms with Crippen molar-refractivity contribution in [1.29, 1.82) is 0 Å². The third kappa shape index (κ3) is 2.12. The first-order valence-corrected chi connectivity index (χ1v) is 8.03. The lowest BCUT2D eigenvalue weighted by atomic mass is 10.1. The average molecular weight is 296 g/mol. The summed E-state index contributed by atoms with van der Waals surface area (Å²) in [4.78, 5) is 26.3. The van der Waals surface area contributed by atoms with E-state index in [2.05, 4.69) is 4.90 Å². The molecule has 0 bridgehead atoms. The van der Waals surface area contributed by atoms with Crippen molar-refractivity contribution in [3.63, 3.8) is 0 Å². The van der Waals surface area contributed by atoms with Crippen LogP contribution in [0.2, 0.25) is 0 Å². The lowest BCUT2D eigenvalue weighted by Gasteiger charge is -2.35. The van der Waals surface area contributed by atoms with Gasteiger partial charge in [0.2, 0.25) is 5.91 Å². The molecular weight excluding hydrogens is 276 g/mol. The second-order valence-electron chi connectivity index (χ2n) is 6.25. The van der Waals surface area contributed by atoms with Gasteiger partial charge in [-0.1, -0.05) is 25.0 Å². The Kier molecular flexibility index (Phi) is 3.21. The molecule has 2 heterocycles. The Morgan fingerprint density at radius 1 is 1.05 bits per heavy atom. The number of carbonyl (C=O) groups excluding carboxylic acids is 1. The summed E-state index contributed by atoms with van der Waals surface area (Å²) >= 11 is 0. The van der Waals surface area contributed by atoms with Crippen molar-refractivity contribution < 1.29 is 4.79 Å². The van der Waals surface area contributed by atoms with Gasteiger partial charge in [0, 0.05) is 26.1 Å². The SMILES string of the molecule is CN1CCN(C(=O)C2CCCC2)c2nc3ccccc3nc21. The summed E-state index contributed by atoms with van der Waals surface area (Å²) in [6, 6.07) is 7.84. The molecule has 0 atom stereocenters. The smallest absolute Gasteiger partial charge is 0.231 e. The largest absolute Gasteiger partial charge is 0.355 e. The molecular formula is C17H20N4O. The number of para-hydroxylation sites is 2. The highest BCUT2D eigenvalue weighted by atomic mass is 16.2. The van der Waals surface area contributed by atoms with Crippen molar-refractivity contribution in [3.8, 4) is 0 Å². The minimum absolute atomic E-state index is 0.171. The quantitative estimate of drug-likeness (QED) is 0.811. The second-order valence-corrected chi connectivity index (χ2v) is 6.25. The second kappa shape index (κ2) is 5.23. The van der Waals surface area contributed by atoms with Gasteiger partial charge in [-0.3, -0.25) is 9.69 Å². The van der Waals surface area contributed by atoms with Crippen LogP contribution in [0.15, 0.2) is 24.3 Å². The summed E-state index contributed by atoms with van der Waals surface area (Å²) in [6.07, 6.45) is 4.36. The monoisotopic (exact) mass is 296 g/mol. The summed E-state index contributed by atoms with van der Waals surface area (Å²) in [5, 5.41) is 0. The predicted molar refractivity (Wildman–Crippen MR) is 87.1 cm³/mol. The van der Waals surface area contributed by atoms with Crippen molar-refractivity contribution in [1.82, 2.24) is 9.97 Å². The number of hydrogen-bond acceptors (Lipinski definition) is 4. The topological polar surface area (TPSA) is 49.3 Å². The maximum atomic E-state index is 12.8. The number of anilines is 2. The van der Waals surface area contributed by atoms with Crippen LogP contribution in [0.3, 0.4) is 0 Å². The van der Waals surface area contributed by atoms with Crippen LogP contribution in [0.5, 0.6) is 0 Å². The third-order valence-corrected chi connectivity index (χ3v) is 4.78. The van der Waals surface area contributed by atoms with Crippen LogP contribution >= 0.6 is 0 Å². The lowest BCUT2D eigenvalue weighted by Crippen LogP contribution is -2.45. The first-order valence-electron chi connectivity index (χ1n) is 8.03. The number of benzene rings is 1. The number of carbonyl (C=O) groups is 1.